The van der Waals surface area contributed by atoms with Gasteiger partial charge in [-0.05, 0) is 19.4 Å². The van der Waals surface area contributed by atoms with Crippen LogP contribution >= 0.6 is 0 Å². The van der Waals surface area contributed by atoms with Gasteiger partial charge in [0.25, 0.3) is 0 Å². The van der Waals surface area contributed by atoms with Crippen molar-refractivity contribution in [2.24, 2.45) is 4.99 Å². The minimum atomic E-state index is 0.585. The number of nitrogens with zero attached hydrogens (tertiary/aromatic N) is 4. The number of nitrogens with one attached hydrogen (secondary N) is 2. The maximum atomic E-state index is 4.53. The zero-order chi connectivity index (χ0) is 14.7. The van der Waals surface area contributed by atoms with E-state index in [1.165, 1.54) is 0 Å². The number of guanidine groups is 1. The Labute approximate surface area is 124 Å². The molecule has 6 heteroatoms. The Kier molecular flexibility index (Phi) is 3.96. The Balaban J connectivity index is 1.77. The fourth-order valence-electron chi connectivity index (χ4n) is 2.41. The number of para-hydroxylation sites is 1. The van der Waals surface area contributed by atoms with Crippen LogP contribution in [-0.2, 0) is 0 Å². The highest BCUT2D eigenvalue weighted by molar-refractivity contribution is 5.93. The molecule has 2 N–H and O–H groups in total. The Morgan fingerprint density at radius 3 is 2.90 bits per heavy atom. The summed E-state index contributed by atoms with van der Waals surface area (Å²) in [6.07, 6.45) is 1.13. The van der Waals surface area contributed by atoms with Gasteiger partial charge in [0, 0.05) is 11.9 Å². The van der Waals surface area contributed by atoms with Crippen molar-refractivity contribution in [1.29, 1.82) is 0 Å². The van der Waals surface area contributed by atoms with Crippen LogP contribution in [0.2, 0.25) is 0 Å². The molecule has 21 heavy (non-hydrogen) atoms. The van der Waals surface area contributed by atoms with E-state index in [2.05, 4.69) is 37.4 Å². The summed E-state index contributed by atoms with van der Waals surface area (Å²) < 4.78 is 0. The monoisotopic (exact) mass is 284 g/mol. The average molecular weight is 284 g/mol. The third-order valence-electron chi connectivity index (χ3n) is 3.46. The number of aryl methyl sites for hydroxylation is 1. The topological polar surface area (TPSA) is 65.4 Å². The number of hydrogen-bond acceptors (Lipinski definition) is 6. The molecule has 1 aromatic carbocycles. The molecule has 0 atom stereocenters. The average Bonchev–Trinajstić information content (AvgIpc) is 2.50. The van der Waals surface area contributed by atoms with Crippen LogP contribution in [0.4, 0.5) is 5.95 Å². The molecule has 0 amide bonds. The molecule has 1 aromatic heterocycles. The second kappa shape index (κ2) is 6.05. The Morgan fingerprint density at radius 2 is 2.14 bits per heavy atom. The lowest BCUT2D eigenvalue weighted by Crippen LogP contribution is -2.46. The molecule has 0 aliphatic carbocycles. The molecule has 1 aliphatic heterocycles. The molecule has 6 nitrogen and oxygen atoms in total. The molecule has 1 aliphatic rings. The maximum absolute atomic E-state index is 4.53. The molecular formula is C15H20N6. The van der Waals surface area contributed by atoms with Crippen LogP contribution in [0.25, 0.3) is 10.9 Å². The van der Waals surface area contributed by atoms with Crippen LogP contribution in [0, 0.1) is 6.92 Å². The summed E-state index contributed by atoms with van der Waals surface area (Å²) in [7, 11) is 0. The minimum absolute atomic E-state index is 0.585. The Hall–Kier alpha value is -2.21. The first-order chi connectivity index (χ1) is 10.3. The van der Waals surface area contributed by atoms with Crippen LogP contribution in [0.1, 0.15) is 19.0 Å². The van der Waals surface area contributed by atoms with E-state index in [0.29, 0.717) is 12.6 Å². The zero-order valence-electron chi connectivity index (χ0n) is 12.4. The molecular weight excluding hydrogens is 264 g/mol. The van der Waals surface area contributed by atoms with Gasteiger partial charge >= 0.3 is 0 Å². The van der Waals surface area contributed by atoms with Crippen molar-refractivity contribution in [3.8, 4) is 0 Å². The Bertz CT molecular complexity index is 666. The molecule has 2 heterocycles. The van der Waals surface area contributed by atoms with Crippen molar-refractivity contribution in [3.05, 3.63) is 30.0 Å². The number of aliphatic imine (C=N–C) groups is 1. The highest BCUT2D eigenvalue weighted by Gasteiger charge is 2.12. The first-order valence-electron chi connectivity index (χ1n) is 7.27. The Morgan fingerprint density at radius 1 is 1.29 bits per heavy atom. The number of rotatable bonds is 3. The van der Waals surface area contributed by atoms with Gasteiger partial charge in [0.2, 0.25) is 11.9 Å². The summed E-state index contributed by atoms with van der Waals surface area (Å²) in [4.78, 5) is 15.7. The quantitative estimate of drug-likeness (QED) is 0.901. The minimum Gasteiger partial charge on any atom is -0.343 e. The van der Waals surface area contributed by atoms with E-state index in [1.54, 1.807) is 0 Å². The molecule has 0 saturated carbocycles. The molecule has 0 saturated heterocycles. The van der Waals surface area contributed by atoms with E-state index in [4.69, 9.17) is 0 Å². The first-order valence-corrected chi connectivity index (χ1v) is 7.27. The highest BCUT2D eigenvalue weighted by atomic mass is 15.4. The van der Waals surface area contributed by atoms with Crippen LogP contribution < -0.4 is 10.6 Å². The van der Waals surface area contributed by atoms with Crippen molar-refractivity contribution < 1.29 is 0 Å². The van der Waals surface area contributed by atoms with E-state index in [0.717, 1.165) is 42.2 Å². The van der Waals surface area contributed by atoms with E-state index < -0.39 is 0 Å². The summed E-state index contributed by atoms with van der Waals surface area (Å²) >= 11 is 0. The molecule has 0 fully saturated rings. The number of aromatic nitrogens is 2. The van der Waals surface area contributed by atoms with Crippen molar-refractivity contribution in [2.45, 2.75) is 20.3 Å². The van der Waals surface area contributed by atoms with Gasteiger partial charge in [-0.15, -0.1) is 0 Å². The van der Waals surface area contributed by atoms with Gasteiger partial charge in [0.05, 0.1) is 24.5 Å². The van der Waals surface area contributed by atoms with Crippen LogP contribution in [0.5, 0.6) is 0 Å². The predicted octanol–water partition coefficient (Wildman–Crippen LogP) is 1.94. The summed E-state index contributed by atoms with van der Waals surface area (Å²) in [5.74, 6) is 1.32. The van der Waals surface area contributed by atoms with Crippen molar-refractivity contribution in [2.75, 3.05) is 25.2 Å². The fourth-order valence-corrected chi connectivity index (χ4v) is 2.41. The smallest absolute Gasteiger partial charge is 0.230 e. The molecule has 2 aromatic rings. The largest absolute Gasteiger partial charge is 0.343 e. The fraction of sp³-hybridized carbons (Fsp3) is 0.400. The zero-order valence-corrected chi connectivity index (χ0v) is 12.4. The molecule has 0 unspecified atom stereocenters. The number of benzene rings is 1. The highest BCUT2D eigenvalue weighted by Crippen LogP contribution is 2.16. The van der Waals surface area contributed by atoms with Crippen LogP contribution in [0.15, 0.2) is 29.3 Å². The molecule has 0 bridgehead atoms. The third kappa shape index (κ3) is 3.11. The van der Waals surface area contributed by atoms with Crippen LogP contribution in [-0.4, -0.2) is 40.7 Å². The van der Waals surface area contributed by atoms with E-state index in [1.807, 2.05) is 31.2 Å². The van der Waals surface area contributed by atoms with Gasteiger partial charge in [0.15, 0.2) is 0 Å². The van der Waals surface area contributed by atoms with Crippen molar-refractivity contribution in [3.63, 3.8) is 0 Å². The summed E-state index contributed by atoms with van der Waals surface area (Å²) in [5.41, 5.74) is 1.91. The van der Waals surface area contributed by atoms with Gasteiger partial charge in [-0.25, -0.2) is 15.0 Å². The lowest BCUT2D eigenvalue weighted by atomic mass is 10.2. The summed E-state index contributed by atoms with van der Waals surface area (Å²) in [6.45, 7) is 6.72. The molecule has 0 radical (unpaired) electrons. The van der Waals surface area contributed by atoms with Gasteiger partial charge < -0.3 is 5.32 Å². The van der Waals surface area contributed by atoms with E-state index >= 15 is 0 Å². The second-order valence-corrected chi connectivity index (χ2v) is 5.15. The summed E-state index contributed by atoms with van der Waals surface area (Å²) in [6, 6.07) is 8.01. The number of hydrogen-bond donors (Lipinski definition) is 2. The van der Waals surface area contributed by atoms with E-state index in [-0.39, 0.29) is 0 Å². The molecule has 0 spiro atoms. The number of anilines is 1. The number of fused-ring (bicyclic) bond motifs is 1. The summed E-state index contributed by atoms with van der Waals surface area (Å²) in [5, 5.41) is 7.50. The lowest BCUT2D eigenvalue weighted by Gasteiger charge is -2.26. The predicted molar refractivity (Wildman–Crippen MR) is 85.2 cm³/mol. The van der Waals surface area contributed by atoms with Gasteiger partial charge in [-0.1, -0.05) is 25.1 Å². The second-order valence-electron chi connectivity index (χ2n) is 5.15. The third-order valence-corrected chi connectivity index (χ3v) is 3.46. The van der Waals surface area contributed by atoms with Crippen LogP contribution in [0.3, 0.4) is 0 Å². The van der Waals surface area contributed by atoms with Crippen molar-refractivity contribution >= 4 is 22.8 Å². The maximum Gasteiger partial charge on any atom is 0.230 e. The first kappa shape index (κ1) is 13.8. The van der Waals surface area contributed by atoms with Gasteiger partial charge in [-0.2, -0.15) is 0 Å². The normalized spacial score (nSPS) is 15.6. The molecule has 3 rings (SSSR count). The lowest BCUT2D eigenvalue weighted by molar-refractivity contribution is 0.265. The van der Waals surface area contributed by atoms with Gasteiger partial charge in [0.1, 0.15) is 0 Å². The SMILES string of the molecule is CCCN1CN=C(Nc2nc(C)c3ccccc3n2)NC1. The van der Waals surface area contributed by atoms with Gasteiger partial charge in [-0.3, -0.25) is 10.2 Å². The molecule has 110 valence electrons. The standard InChI is InChI=1S/C15H20N6/c1-3-8-21-9-16-14(17-10-21)20-15-18-11(2)12-6-4-5-7-13(12)19-15/h4-7H,3,8-10H2,1-2H3,(H2,16,17,18,19,20). The van der Waals surface area contributed by atoms with Crippen molar-refractivity contribution in [1.82, 2.24) is 20.2 Å². The van der Waals surface area contributed by atoms with E-state index in [9.17, 15) is 0 Å².